The van der Waals surface area contributed by atoms with E-state index in [1.54, 1.807) is 26.0 Å². The van der Waals surface area contributed by atoms with E-state index in [0.29, 0.717) is 17.5 Å². The number of carboxylic acid groups (broad SMARTS) is 1. The van der Waals surface area contributed by atoms with E-state index in [9.17, 15) is 19.7 Å². The standard InChI is InChI=1S/C14H19N3O5/c1-9-5-6-11(8-12(9)17(21)22)10(2)16-14(20)15-7-3-4-13(18)19/h5-6,8,10H,3-4,7H2,1-2H3,(H,18,19)(H2,15,16,20). The number of nitro benzene ring substituents is 1. The number of carbonyl (C=O) groups excluding carboxylic acids is 1. The van der Waals surface area contributed by atoms with Gasteiger partial charge in [0.05, 0.1) is 11.0 Å². The number of hydrogen-bond donors (Lipinski definition) is 3. The maximum absolute atomic E-state index is 11.7. The molecule has 2 amide bonds. The van der Waals surface area contributed by atoms with E-state index in [4.69, 9.17) is 5.11 Å². The molecule has 8 heteroatoms. The molecule has 0 fully saturated rings. The number of nitrogens with zero attached hydrogens (tertiary/aromatic N) is 1. The minimum atomic E-state index is -0.914. The van der Waals surface area contributed by atoms with E-state index in [2.05, 4.69) is 10.6 Å². The van der Waals surface area contributed by atoms with Crippen molar-refractivity contribution in [2.75, 3.05) is 6.54 Å². The number of urea groups is 1. The number of nitrogens with one attached hydrogen (secondary N) is 2. The molecule has 3 N–H and O–H groups in total. The Morgan fingerprint density at radius 1 is 1.41 bits per heavy atom. The summed E-state index contributed by atoms with van der Waals surface area (Å²) in [5, 5.41) is 24.6. The molecule has 1 aromatic rings. The third kappa shape index (κ3) is 5.39. The zero-order valence-corrected chi connectivity index (χ0v) is 12.5. The summed E-state index contributed by atoms with van der Waals surface area (Å²) in [5.41, 5.74) is 1.19. The van der Waals surface area contributed by atoms with Crippen molar-refractivity contribution in [1.82, 2.24) is 10.6 Å². The van der Waals surface area contributed by atoms with Gasteiger partial charge in [-0.3, -0.25) is 14.9 Å². The molecule has 0 saturated heterocycles. The Kier molecular flexibility index (Phi) is 6.30. The fourth-order valence-corrected chi connectivity index (χ4v) is 1.86. The van der Waals surface area contributed by atoms with Gasteiger partial charge in [0, 0.05) is 24.6 Å². The molecule has 1 aromatic carbocycles. The second-order valence-corrected chi connectivity index (χ2v) is 4.92. The van der Waals surface area contributed by atoms with E-state index >= 15 is 0 Å². The van der Waals surface area contributed by atoms with Gasteiger partial charge in [0.1, 0.15) is 0 Å². The molecular weight excluding hydrogens is 290 g/mol. The molecule has 1 unspecified atom stereocenters. The molecule has 1 rings (SSSR count). The highest BCUT2D eigenvalue weighted by atomic mass is 16.6. The molecule has 8 nitrogen and oxygen atoms in total. The molecule has 1 atom stereocenters. The van der Waals surface area contributed by atoms with Crippen LogP contribution in [0.4, 0.5) is 10.5 Å². The molecule has 0 aliphatic rings. The number of amides is 2. The van der Waals surface area contributed by atoms with Crippen LogP contribution in [0.1, 0.15) is 36.9 Å². The molecule has 0 aromatic heterocycles. The van der Waals surface area contributed by atoms with Crippen LogP contribution in [0.25, 0.3) is 0 Å². The molecule has 0 radical (unpaired) electrons. The van der Waals surface area contributed by atoms with Crippen molar-refractivity contribution >= 4 is 17.7 Å². The summed E-state index contributed by atoms with van der Waals surface area (Å²) in [4.78, 5) is 32.4. The van der Waals surface area contributed by atoms with Crippen molar-refractivity contribution in [3.05, 3.63) is 39.4 Å². The molecular formula is C14H19N3O5. The second-order valence-electron chi connectivity index (χ2n) is 4.92. The Morgan fingerprint density at radius 2 is 2.09 bits per heavy atom. The molecule has 0 aliphatic heterocycles. The van der Waals surface area contributed by atoms with Crippen molar-refractivity contribution in [1.29, 1.82) is 0 Å². The molecule has 0 saturated carbocycles. The Balaban J connectivity index is 2.56. The van der Waals surface area contributed by atoms with Gasteiger partial charge in [-0.15, -0.1) is 0 Å². The van der Waals surface area contributed by atoms with Gasteiger partial charge >= 0.3 is 12.0 Å². The van der Waals surface area contributed by atoms with Crippen LogP contribution in [0.2, 0.25) is 0 Å². The fourth-order valence-electron chi connectivity index (χ4n) is 1.86. The third-order valence-corrected chi connectivity index (χ3v) is 3.13. The van der Waals surface area contributed by atoms with Gasteiger partial charge in [0.15, 0.2) is 0 Å². The van der Waals surface area contributed by atoms with Crippen molar-refractivity contribution < 1.29 is 19.6 Å². The fraction of sp³-hybridized carbons (Fsp3) is 0.429. The number of nitro groups is 1. The van der Waals surface area contributed by atoms with Crippen molar-refractivity contribution in [3.8, 4) is 0 Å². The SMILES string of the molecule is Cc1ccc(C(C)NC(=O)NCCCC(=O)O)cc1[N+](=O)[O-]. The summed E-state index contributed by atoms with van der Waals surface area (Å²) in [6, 6.07) is 3.94. The number of carbonyl (C=O) groups is 2. The van der Waals surface area contributed by atoms with E-state index in [0.717, 1.165) is 0 Å². The number of benzene rings is 1. The van der Waals surface area contributed by atoms with Gasteiger partial charge in [-0.05, 0) is 25.8 Å². The maximum atomic E-state index is 11.7. The van der Waals surface area contributed by atoms with Crippen molar-refractivity contribution in [2.24, 2.45) is 0 Å². The summed E-state index contributed by atoms with van der Waals surface area (Å²) in [5.74, 6) is -0.914. The molecule has 22 heavy (non-hydrogen) atoms. The molecule has 0 heterocycles. The molecule has 0 aliphatic carbocycles. The van der Waals surface area contributed by atoms with Gasteiger partial charge in [0.25, 0.3) is 5.69 Å². The first-order valence-corrected chi connectivity index (χ1v) is 6.82. The van der Waals surface area contributed by atoms with E-state index < -0.39 is 23.0 Å². The number of rotatable bonds is 7. The van der Waals surface area contributed by atoms with Gasteiger partial charge in [-0.25, -0.2) is 4.79 Å². The lowest BCUT2D eigenvalue weighted by Crippen LogP contribution is -2.37. The predicted octanol–water partition coefficient (Wildman–Crippen LogP) is 2.13. The number of carboxylic acids is 1. The van der Waals surface area contributed by atoms with Crippen LogP contribution in [0.3, 0.4) is 0 Å². The van der Waals surface area contributed by atoms with Gasteiger partial charge in [-0.1, -0.05) is 12.1 Å². The Hall–Kier alpha value is -2.64. The smallest absolute Gasteiger partial charge is 0.315 e. The first-order valence-electron chi connectivity index (χ1n) is 6.82. The average Bonchev–Trinajstić information content (AvgIpc) is 2.43. The van der Waals surface area contributed by atoms with Gasteiger partial charge < -0.3 is 15.7 Å². The lowest BCUT2D eigenvalue weighted by Gasteiger charge is -2.15. The van der Waals surface area contributed by atoms with E-state index in [1.807, 2.05) is 0 Å². The Labute approximate surface area is 127 Å². The summed E-state index contributed by atoms with van der Waals surface area (Å²) < 4.78 is 0. The number of aliphatic carboxylic acids is 1. The van der Waals surface area contributed by atoms with E-state index in [-0.39, 0.29) is 18.7 Å². The topological polar surface area (TPSA) is 122 Å². The number of hydrogen-bond acceptors (Lipinski definition) is 4. The zero-order chi connectivity index (χ0) is 16.7. The largest absolute Gasteiger partial charge is 0.481 e. The third-order valence-electron chi connectivity index (χ3n) is 3.13. The van der Waals surface area contributed by atoms with Gasteiger partial charge in [0.2, 0.25) is 0 Å². The van der Waals surface area contributed by atoms with Crippen LogP contribution in [0.15, 0.2) is 18.2 Å². The summed E-state index contributed by atoms with van der Waals surface area (Å²) >= 11 is 0. The lowest BCUT2D eigenvalue weighted by molar-refractivity contribution is -0.385. The minimum absolute atomic E-state index is 0.00742. The number of aryl methyl sites for hydroxylation is 1. The van der Waals surface area contributed by atoms with E-state index in [1.165, 1.54) is 6.07 Å². The summed E-state index contributed by atoms with van der Waals surface area (Å²) in [6.07, 6.45) is 0.327. The molecule has 0 bridgehead atoms. The normalized spacial score (nSPS) is 11.5. The first kappa shape index (κ1) is 17.4. The summed E-state index contributed by atoms with van der Waals surface area (Å²) in [7, 11) is 0. The predicted molar refractivity (Wildman–Crippen MR) is 79.7 cm³/mol. The highest BCUT2D eigenvalue weighted by molar-refractivity contribution is 5.74. The monoisotopic (exact) mass is 309 g/mol. The zero-order valence-electron chi connectivity index (χ0n) is 12.5. The van der Waals surface area contributed by atoms with Crippen LogP contribution >= 0.6 is 0 Å². The maximum Gasteiger partial charge on any atom is 0.315 e. The first-order chi connectivity index (χ1) is 10.3. The highest BCUT2D eigenvalue weighted by Gasteiger charge is 2.15. The Morgan fingerprint density at radius 3 is 2.68 bits per heavy atom. The summed E-state index contributed by atoms with van der Waals surface area (Å²) in [6.45, 7) is 3.61. The minimum Gasteiger partial charge on any atom is -0.481 e. The Bertz CT molecular complexity index is 574. The van der Waals surface area contributed by atoms with Crippen LogP contribution in [-0.4, -0.2) is 28.6 Å². The molecule has 0 spiro atoms. The van der Waals surface area contributed by atoms with Gasteiger partial charge in [-0.2, -0.15) is 0 Å². The highest BCUT2D eigenvalue weighted by Crippen LogP contribution is 2.23. The van der Waals surface area contributed by atoms with Crippen molar-refractivity contribution in [3.63, 3.8) is 0 Å². The van der Waals surface area contributed by atoms with Crippen molar-refractivity contribution in [2.45, 2.75) is 32.7 Å². The van der Waals surface area contributed by atoms with Crippen LogP contribution < -0.4 is 10.6 Å². The van der Waals surface area contributed by atoms with Crippen LogP contribution in [-0.2, 0) is 4.79 Å². The van der Waals surface area contributed by atoms with Crippen LogP contribution in [0.5, 0.6) is 0 Å². The lowest BCUT2D eigenvalue weighted by atomic mass is 10.0. The second kappa shape index (κ2) is 7.96. The average molecular weight is 309 g/mol. The molecule has 120 valence electrons. The quantitative estimate of drug-likeness (QED) is 0.404. The van der Waals surface area contributed by atoms with Crippen LogP contribution in [0, 0.1) is 17.0 Å².